The molecule has 3 heterocycles. The van der Waals surface area contributed by atoms with Crippen molar-refractivity contribution in [3.63, 3.8) is 0 Å². The van der Waals surface area contributed by atoms with Gasteiger partial charge < -0.3 is 10.2 Å². The molecule has 2 N–H and O–H groups in total. The van der Waals surface area contributed by atoms with Gasteiger partial charge >= 0.3 is 12.1 Å². The summed E-state index contributed by atoms with van der Waals surface area (Å²) in [6.45, 7) is -0.333. The van der Waals surface area contributed by atoms with Crippen LogP contribution in [0.5, 0.6) is 0 Å². The summed E-state index contributed by atoms with van der Waals surface area (Å²) in [6, 6.07) is 28.5. The Morgan fingerprint density at radius 3 is 1.51 bits per heavy atom. The van der Waals surface area contributed by atoms with Crippen molar-refractivity contribution in [3.8, 4) is 11.5 Å². The van der Waals surface area contributed by atoms with E-state index in [0.29, 0.717) is 16.7 Å². The standard InChI is InChI=1S/C21H14F4N4O3S.C20H18FN3O3S/c22-16-3-1-4-17(11-16)29(33(30,31)18-5-2-10-26-12-18)13-14-6-8-15(9-7-14)19-27-28-20(32-19)21(23,24)25;21-17-3-1-4-18(11-17)24(28(26,27)19-5-2-10-23-13-19)14-15-6-8-16(9-7-15)20(25)12-22/h1-12H,13H2;1-11,13H,12,14,22H2. The lowest BCUT2D eigenvalue weighted by Crippen LogP contribution is -2.30. The Morgan fingerprint density at radius 2 is 1.11 bits per heavy atom. The van der Waals surface area contributed by atoms with Gasteiger partial charge in [0.25, 0.3) is 20.0 Å². The molecule has 0 bridgehead atoms. The van der Waals surface area contributed by atoms with Gasteiger partial charge in [-0.3, -0.25) is 23.4 Å². The molecule has 61 heavy (non-hydrogen) atoms. The van der Waals surface area contributed by atoms with Gasteiger partial charge in [0, 0.05) is 35.9 Å². The molecule has 7 aromatic rings. The number of carbonyl (C=O) groups is 1. The van der Waals surface area contributed by atoms with Gasteiger partial charge in [0.05, 0.1) is 31.0 Å². The molecule has 0 saturated heterocycles. The van der Waals surface area contributed by atoms with Crippen molar-refractivity contribution in [1.82, 2.24) is 20.2 Å². The third-order valence-electron chi connectivity index (χ3n) is 8.62. The molecular weight excluding hydrogens is 846 g/mol. The van der Waals surface area contributed by atoms with Gasteiger partial charge in [0.1, 0.15) is 21.4 Å². The lowest BCUT2D eigenvalue weighted by atomic mass is 10.1. The molecule has 0 aliphatic carbocycles. The van der Waals surface area contributed by atoms with E-state index in [-0.39, 0.29) is 58.0 Å². The fourth-order valence-corrected chi connectivity index (χ4v) is 8.42. The van der Waals surface area contributed by atoms with Crippen molar-refractivity contribution in [2.45, 2.75) is 29.1 Å². The number of sulfonamides is 2. The van der Waals surface area contributed by atoms with Crippen LogP contribution < -0.4 is 14.3 Å². The molecule has 13 nitrogen and oxygen atoms in total. The van der Waals surface area contributed by atoms with Crippen molar-refractivity contribution < 1.29 is 48.0 Å². The molecule has 0 radical (unpaired) electrons. The first-order valence-electron chi connectivity index (χ1n) is 17.7. The molecule has 20 heteroatoms. The lowest BCUT2D eigenvalue weighted by Gasteiger charge is -2.24. The highest BCUT2D eigenvalue weighted by Crippen LogP contribution is 2.32. The van der Waals surface area contributed by atoms with E-state index in [1.165, 1.54) is 110 Å². The molecule has 0 amide bonds. The second-order valence-corrected chi connectivity index (χ2v) is 16.5. The molecular formula is C41H32F5N7O6S2. The fraction of sp³-hybridized carbons (Fsp3) is 0.0976. The number of nitrogens with two attached hydrogens (primary N) is 1. The zero-order valence-corrected chi connectivity index (χ0v) is 33.0. The fourth-order valence-electron chi connectivity index (χ4n) is 5.60. The number of benzene rings is 4. The van der Waals surface area contributed by atoms with Crippen molar-refractivity contribution in [1.29, 1.82) is 0 Å². The van der Waals surface area contributed by atoms with Gasteiger partial charge in [0.2, 0.25) is 5.89 Å². The van der Waals surface area contributed by atoms with Crippen molar-refractivity contribution in [3.05, 3.63) is 180 Å². The number of anilines is 2. The van der Waals surface area contributed by atoms with Crippen LogP contribution in [0.1, 0.15) is 27.4 Å². The molecule has 0 spiro atoms. The molecule has 0 unspecified atom stereocenters. The molecule has 7 rings (SSSR count). The Balaban J connectivity index is 0.000000207. The SMILES string of the molecule is NCC(=O)c1ccc(CN(c2cccc(F)c2)S(=O)(=O)c2cccnc2)cc1.O=S(=O)(c1cccnc1)N(Cc1ccc(-c2nnc(C(F)(F)F)o2)cc1)c1cccc(F)c1. The van der Waals surface area contributed by atoms with Gasteiger partial charge in [-0.25, -0.2) is 25.6 Å². The van der Waals surface area contributed by atoms with Crippen molar-refractivity contribution >= 4 is 37.2 Å². The van der Waals surface area contributed by atoms with Crippen LogP contribution in [-0.4, -0.2) is 49.3 Å². The monoisotopic (exact) mass is 877 g/mol. The summed E-state index contributed by atoms with van der Waals surface area (Å²) in [6.07, 6.45) is 0.547. The molecule has 0 aliphatic rings. The summed E-state index contributed by atoms with van der Waals surface area (Å²) < 4.78 is 125. The largest absolute Gasteiger partial charge is 0.470 e. The number of hydrogen-bond donors (Lipinski definition) is 1. The second-order valence-electron chi connectivity index (χ2n) is 12.8. The molecule has 3 aromatic heterocycles. The topological polar surface area (TPSA) is 183 Å². The number of Topliss-reactive ketones (excluding diaryl/α,β-unsaturated/α-hetero) is 1. The summed E-state index contributed by atoms with van der Waals surface area (Å²) in [5, 5.41) is 6.37. The number of ketones is 1. The summed E-state index contributed by atoms with van der Waals surface area (Å²) in [4.78, 5) is 19.3. The molecule has 0 atom stereocenters. The van der Waals surface area contributed by atoms with Crippen LogP contribution in [0.4, 0.5) is 33.3 Å². The van der Waals surface area contributed by atoms with E-state index in [9.17, 15) is 43.6 Å². The van der Waals surface area contributed by atoms with Crippen molar-refractivity contribution in [2.24, 2.45) is 5.73 Å². The average Bonchev–Trinajstić information content (AvgIpc) is 3.77. The second kappa shape index (κ2) is 18.6. The predicted octanol–water partition coefficient (Wildman–Crippen LogP) is 7.44. The summed E-state index contributed by atoms with van der Waals surface area (Å²) in [5.74, 6) is -3.18. The summed E-state index contributed by atoms with van der Waals surface area (Å²) in [7, 11) is -8.09. The van der Waals surface area contributed by atoms with Gasteiger partial charge in [-0.1, -0.05) is 48.5 Å². The highest BCUT2D eigenvalue weighted by Gasteiger charge is 2.38. The number of rotatable bonds is 13. The Morgan fingerprint density at radius 1 is 0.639 bits per heavy atom. The minimum atomic E-state index is -4.77. The van der Waals surface area contributed by atoms with Crippen LogP contribution in [0.2, 0.25) is 0 Å². The van der Waals surface area contributed by atoms with E-state index in [1.807, 2.05) is 0 Å². The minimum Gasteiger partial charge on any atom is -0.413 e. The molecule has 4 aromatic carbocycles. The molecule has 0 aliphatic heterocycles. The van der Waals surface area contributed by atoms with Crippen LogP contribution in [0.25, 0.3) is 11.5 Å². The lowest BCUT2D eigenvalue weighted by molar-refractivity contribution is -0.156. The maximum atomic E-state index is 13.8. The smallest absolute Gasteiger partial charge is 0.413 e. The number of hydrogen-bond acceptors (Lipinski definition) is 11. The van der Waals surface area contributed by atoms with Gasteiger partial charge in [-0.2, -0.15) is 13.2 Å². The number of halogens is 5. The first kappa shape index (κ1) is 43.7. The van der Waals surface area contributed by atoms with Crippen LogP contribution in [-0.2, 0) is 39.3 Å². The number of pyridine rings is 2. The number of aromatic nitrogens is 4. The maximum Gasteiger partial charge on any atom is 0.470 e. The van der Waals surface area contributed by atoms with Crippen LogP contribution in [0.15, 0.2) is 160 Å². The Kier molecular flexibility index (Phi) is 13.3. The number of alkyl halides is 3. The summed E-state index contributed by atoms with van der Waals surface area (Å²) >= 11 is 0. The normalized spacial score (nSPS) is 11.6. The van der Waals surface area contributed by atoms with E-state index in [4.69, 9.17) is 5.73 Å². The molecule has 0 fully saturated rings. The Bertz CT molecular complexity index is 2820. The quantitative estimate of drug-likeness (QED) is 0.0898. The van der Waals surface area contributed by atoms with E-state index < -0.39 is 43.7 Å². The Hall–Kier alpha value is -6.90. The van der Waals surface area contributed by atoms with Gasteiger partial charge in [-0.05, 0) is 83.9 Å². The Labute approximate surface area is 346 Å². The first-order chi connectivity index (χ1) is 29.1. The van der Waals surface area contributed by atoms with Crippen molar-refractivity contribution in [2.75, 3.05) is 15.2 Å². The highest BCUT2D eigenvalue weighted by atomic mass is 32.2. The van der Waals surface area contributed by atoms with E-state index in [1.54, 1.807) is 24.3 Å². The molecule has 0 saturated carbocycles. The van der Waals surface area contributed by atoms with Gasteiger partial charge in [-0.15, -0.1) is 10.2 Å². The highest BCUT2D eigenvalue weighted by molar-refractivity contribution is 7.93. The van der Waals surface area contributed by atoms with E-state index in [0.717, 1.165) is 20.7 Å². The zero-order chi connectivity index (χ0) is 43.8. The zero-order valence-electron chi connectivity index (χ0n) is 31.4. The van der Waals surface area contributed by atoms with E-state index in [2.05, 4.69) is 24.6 Å². The minimum absolute atomic E-state index is 0.00538. The average molecular weight is 878 g/mol. The van der Waals surface area contributed by atoms with Gasteiger partial charge in [0.15, 0.2) is 5.78 Å². The van der Waals surface area contributed by atoms with Crippen LogP contribution in [0.3, 0.4) is 0 Å². The maximum absolute atomic E-state index is 13.8. The van der Waals surface area contributed by atoms with E-state index >= 15 is 0 Å². The number of carbonyl (C=O) groups excluding carboxylic acids is 1. The number of nitrogens with zero attached hydrogens (tertiary/aromatic N) is 6. The third kappa shape index (κ3) is 10.7. The predicted molar refractivity (Wildman–Crippen MR) is 213 cm³/mol. The first-order valence-corrected chi connectivity index (χ1v) is 20.6. The summed E-state index contributed by atoms with van der Waals surface area (Å²) in [5.41, 5.74) is 7.40. The van der Waals surface area contributed by atoms with Crippen LogP contribution in [0, 0.1) is 11.6 Å². The third-order valence-corrected chi connectivity index (χ3v) is 12.1. The van der Waals surface area contributed by atoms with Crippen LogP contribution >= 0.6 is 0 Å². The molecule has 314 valence electrons.